The number of hydrogen-bond acceptors (Lipinski definition) is 2. The zero-order valence-electron chi connectivity index (χ0n) is 12.4. The maximum atomic E-state index is 6.32. The van der Waals surface area contributed by atoms with Gasteiger partial charge in [-0.05, 0) is 35.8 Å². The number of methoxy groups -OCH3 is 1. The molecule has 0 radical (unpaired) electrons. The van der Waals surface area contributed by atoms with Gasteiger partial charge < -0.3 is 9.16 Å². The Morgan fingerprint density at radius 2 is 1.79 bits per heavy atom. The number of alkyl halides is 1. The summed E-state index contributed by atoms with van der Waals surface area (Å²) in [6, 6.07) is 3.89. The van der Waals surface area contributed by atoms with E-state index in [1.165, 1.54) is 0 Å². The van der Waals surface area contributed by atoms with Gasteiger partial charge in [0.25, 0.3) is 8.32 Å². The van der Waals surface area contributed by atoms with Gasteiger partial charge in [-0.1, -0.05) is 36.7 Å². The molecule has 1 aromatic carbocycles. The third-order valence-electron chi connectivity index (χ3n) is 3.65. The third-order valence-corrected chi connectivity index (χ3v) is 9.02. The Bertz CT molecular complexity index is 455. The molecule has 1 aromatic rings. The summed E-state index contributed by atoms with van der Waals surface area (Å²) in [5, 5.41) is 0.145. The second-order valence-corrected chi connectivity index (χ2v) is 11.9. The van der Waals surface area contributed by atoms with Crippen LogP contribution in [0.4, 0.5) is 0 Å². The topological polar surface area (TPSA) is 18.5 Å². The summed E-state index contributed by atoms with van der Waals surface area (Å²) in [4.78, 5) is 0. The highest BCUT2D eigenvalue weighted by Gasteiger charge is 2.39. The van der Waals surface area contributed by atoms with Crippen LogP contribution in [0.15, 0.2) is 16.6 Å². The Hall–Kier alpha value is -0.193. The molecule has 1 rings (SSSR count). The van der Waals surface area contributed by atoms with Gasteiger partial charge in [-0.25, -0.2) is 0 Å². The van der Waals surface area contributed by atoms with Gasteiger partial charge in [0.15, 0.2) is 5.75 Å². The molecule has 0 aliphatic carbocycles. The first kappa shape index (κ1) is 16.9. The van der Waals surface area contributed by atoms with Crippen molar-refractivity contribution in [3.05, 3.63) is 22.2 Å². The van der Waals surface area contributed by atoms with Gasteiger partial charge in [0.05, 0.1) is 7.11 Å². The molecule has 0 N–H and O–H groups in total. The fourth-order valence-electron chi connectivity index (χ4n) is 1.35. The van der Waals surface area contributed by atoms with E-state index >= 15 is 0 Å². The van der Waals surface area contributed by atoms with Crippen LogP contribution in [0.5, 0.6) is 11.5 Å². The van der Waals surface area contributed by atoms with Gasteiger partial charge in [0, 0.05) is 10.4 Å². The molecule has 0 fully saturated rings. The molecule has 0 aliphatic rings. The molecule has 0 saturated heterocycles. The lowest BCUT2D eigenvalue weighted by Crippen LogP contribution is -2.43. The average Bonchev–Trinajstić information content (AvgIpc) is 2.29. The van der Waals surface area contributed by atoms with E-state index in [1.54, 1.807) is 7.11 Å². The first-order valence-electron chi connectivity index (χ1n) is 6.24. The highest BCUT2D eigenvalue weighted by atomic mass is 79.9. The predicted molar refractivity (Wildman–Crippen MR) is 88.1 cm³/mol. The number of halogens is 2. The van der Waals surface area contributed by atoms with Crippen LogP contribution in [-0.4, -0.2) is 15.4 Å². The number of benzene rings is 1. The fraction of sp³-hybridized carbons (Fsp3) is 0.571. The zero-order chi connectivity index (χ0) is 14.8. The molecular weight excluding hydrogens is 344 g/mol. The average molecular weight is 366 g/mol. The third kappa shape index (κ3) is 3.89. The molecule has 19 heavy (non-hydrogen) atoms. The fourth-order valence-corrected chi connectivity index (χ4v) is 3.21. The SMILES string of the molecule is COc1cc(Br)c(CCl)cc1O[Si](C)(C)C(C)(C)C. The van der Waals surface area contributed by atoms with Crippen molar-refractivity contribution in [3.8, 4) is 11.5 Å². The summed E-state index contributed by atoms with van der Waals surface area (Å²) in [6.07, 6.45) is 0. The zero-order valence-corrected chi connectivity index (χ0v) is 15.8. The molecule has 0 heterocycles. The number of hydrogen-bond donors (Lipinski definition) is 0. The predicted octanol–water partition coefficient (Wildman–Crippen LogP) is 5.58. The van der Waals surface area contributed by atoms with Gasteiger partial charge in [0.1, 0.15) is 5.75 Å². The minimum absolute atomic E-state index is 0.145. The Morgan fingerprint density at radius 1 is 1.21 bits per heavy atom. The molecule has 108 valence electrons. The largest absolute Gasteiger partial charge is 0.541 e. The van der Waals surface area contributed by atoms with E-state index in [9.17, 15) is 0 Å². The van der Waals surface area contributed by atoms with Gasteiger partial charge in [-0.15, -0.1) is 11.6 Å². The first-order chi connectivity index (χ1) is 8.62. The van der Waals surface area contributed by atoms with Crippen molar-refractivity contribution in [2.24, 2.45) is 0 Å². The van der Waals surface area contributed by atoms with E-state index in [0.29, 0.717) is 5.88 Å². The van der Waals surface area contributed by atoms with Crippen molar-refractivity contribution in [3.63, 3.8) is 0 Å². The summed E-state index contributed by atoms with van der Waals surface area (Å²) >= 11 is 9.44. The van der Waals surface area contributed by atoms with Crippen LogP contribution in [0, 0.1) is 0 Å². The Morgan fingerprint density at radius 3 is 2.21 bits per heavy atom. The first-order valence-corrected chi connectivity index (χ1v) is 10.5. The minimum Gasteiger partial charge on any atom is -0.541 e. The maximum absolute atomic E-state index is 6.32. The Balaban J connectivity index is 3.20. The van der Waals surface area contributed by atoms with E-state index in [-0.39, 0.29) is 5.04 Å². The molecule has 0 aliphatic heterocycles. The normalized spacial score (nSPS) is 12.4. The van der Waals surface area contributed by atoms with E-state index in [1.807, 2.05) is 12.1 Å². The summed E-state index contributed by atoms with van der Waals surface area (Å²) in [5.74, 6) is 1.97. The summed E-state index contributed by atoms with van der Waals surface area (Å²) in [5.41, 5.74) is 1.01. The van der Waals surface area contributed by atoms with Crippen molar-refractivity contribution in [2.45, 2.75) is 44.8 Å². The van der Waals surface area contributed by atoms with E-state index in [4.69, 9.17) is 20.8 Å². The van der Waals surface area contributed by atoms with Crippen molar-refractivity contribution in [1.82, 2.24) is 0 Å². The summed E-state index contributed by atoms with van der Waals surface area (Å²) in [6.45, 7) is 11.1. The quantitative estimate of drug-likeness (QED) is 0.512. The number of rotatable bonds is 4. The molecule has 0 atom stereocenters. The second-order valence-electron chi connectivity index (χ2n) is 6.09. The van der Waals surface area contributed by atoms with E-state index in [0.717, 1.165) is 21.5 Å². The molecular formula is C14H22BrClO2Si. The van der Waals surface area contributed by atoms with Crippen LogP contribution in [0.3, 0.4) is 0 Å². The van der Waals surface area contributed by atoms with Crippen molar-refractivity contribution in [1.29, 1.82) is 0 Å². The second kappa shape index (κ2) is 6.06. The standard InChI is InChI=1S/C14H22BrClO2Si/c1-14(2,3)19(5,6)18-13-7-10(9-16)11(15)8-12(13)17-4/h7-8H,9H2,1-6H3. The summed E-state index contributed by atoms with van der Waals surface area (Å²) in [7, 11) is -0.231. The van der Waals surface area contributed by atoms with Crippen LogP contribution in [-0.2, 0) is 5.88 Å². The van der Waals surface area contributed by atoms with E-state index in [2.05, 4.69) is 49.8 Å². The minimum atomic E-state index is -1.88. The Kier molecular flexibility index (Phi) is 5.38. The maximum Gasteiger partial charge on any atom is 0.250 e. The van der Waals surface area contributed by atoms with Crippen LogP contribution < -0.4 is 9.16 Å². The molecule has 0 unspecified atom stereocenters. The van der Waals surface area contributed by atoms with Crippen LogP contribution >= 0.6 is 27.5 Å². The van der Waals surface area contributed by atoms with Crippen LogP contribution in [0.25, 0.3) is 0 Å². The van der Waals surface area contributed by atoms with Gasteiger partial charge in [-0.3, -0.25) is 0 Å². The van der Waals surface area contributed by atoms with Gasteiger partial charge >= 0.3 is 0 Å². The van der Waals surface area contributed by atoms with Crippen molar-refractivity contribution < 1.29 is 9.16 Å². The van der Waals surface area contributed by atoms with Crippen LogP contribution in [0.1, 0.15) is 26.3 Å². The van der Waals surface area contributed by atoms with Gasteiger partial charge in [0.2, 0.25) is 0 Å². The summed E-state index contributed by atoms with van der Waals surface area (Å²) < 4.78 is 12.7. The lowest BCUT2D eigenvalue weighted by Gasteiger charge is -2.37. The van der Waals surface area contributed by atoms with E-state index < -0.39 is 8.32 Å². The number of ether oxygens (including phenoxy) is 1. The van der Waals surface area contributed by atoms with Gasteiger partial charge in [-0.2, -0.15) is 0 Å². The molecule has 0 aromatic heterocycles. The smallest absolute Gasteiger partial charge is 0.250 e. The van der Waals surface area contributed by atoms with Crippen LogP contribution in [0.2, 0.25) is 18.1 Å². The monoisotopic (exact) mass is 364 g/mol. The van der Waals surface area contributed by atoms with Crippen molar-refractivity contribution in [2.75, 3.05) is 7.11 Å². The Labute approximate surface area is 130 Å². The van der Waals surface area contributed by atoms with Crippen molar-refractivity contribution >= 4 is 35.8 Å². The highest BCUT2D eigenvalue weighted by molar-refractivity contribution is 9.10. The molecule has 0 bridgehead atoms. The lowest BCUT2D eigenvalue weighted by molar-refractivity contribution is 0.385. The molecule has 0 saturated carbocycles. The highest BCUT2D eigenvalue weighted by Crippen LogP contribution is 2.41. The molecule has 0 amide bonds. The lowest BCUT2D eigenvalue weighted by atomic mass is 10.2. The molecule has 2 nitrogen and oxygen atoms in total. The molecule has 5 heteroatoms. The molecule has 0 spiro atoms.